The summed E-state index contributed by atoms with van der Waals surface area (Å²) in [5.74, 6) is 4.81. The van der Waals surface area contributed by atoms with E-state index in [2.05, 4.69) is 90.7 Å². The molecule has 0 aromatic heterocycles. The lowest BCUT2D eigenvalue weighted by Gasteiger charge is -2.44. The number of allylic oxidation sites excluding steroid dienone is 2. The Morgan fingerprint density at radius 2 is 0.870 bits per heavy atom. The molecule has 54 heavy (non-hydrogen) atoms. The predicted molar refractivity (Wildman–Crippen MR) is 241 cm³/mol. The molecular formula is C30H72O12Si12. The van der Waals surface area contributed by atoms with Gasteiger partial charge in [0.1, 0.15) is 0 Å². The van der Waals surface area contributed by atoms with Gasteiger partial charge in [0.05, 0.1) is 0 Å². The second-order valence-corrected chi connectivity index (χ2v) is 48.3. The summed E-state index contributed by atoms with van der Waals surface area (Å²) in [6, 6.07) is 2.16. The summed E-state index contributed by atoms with van der Waals surface area (Å²) < 4.78 is 75.7. The summed E-state index contributed by atoms with van der Waals surface area (Å²) in [5.41, 5.74) is 0.584. The molecule has 3 saturated carbocycles. The van der Waals surface area contributed by atoms with Crippen molar-refractivity contribution in [2.24, 2.45) is 35.5 Å². The van der Waals surface area contributed by atoms with E-state index in [1.54, 1.807) is 0 Å². The molecule has 6 fully saturated rings. The predicted octanol–water partition coefficient (Wildman–Crippen LogP) is 4.49. The molecule has 0 aromatic carbocycles. The van der Waals surface area contributed by atoms with Crippen LogP contribution < -0.4 is 0 Å². The van der Waals surface area contributed by atoms with E-state index in [1.807, 2.05) is 0 Å². The molecular weight excluding hydrogens is 889 g/mol. The molecule has 0 spiro atoms. The van der Waals surface area contributed by atoms with Gasteiger partial charge in [-0.05, 0) is 171 Å². The van der Waals surface area contributed by atoms with Gasteiger partial charge in [0.15, 0.2) is 0 Å². The van der Waals surface area contributed by atoms with Crippen LogP contribution >= 0.6 is 0 Å². The van der Waals surface area contributed by atoms with Crippen LogP contribution in [0.3, 0.4) is 0 Å². The summed E-state index contributed by atoms with van der Waals surface area (Å²) in [6.07, 6.45) is 14.0. The van der Waals surface area contributed by atoms with Crippen molar-refractivity contribution in [3.05, 3.63) is 12.2 Å². The first kappa shape index (κ1) is 45.4. The standard InChI is InChI=1S/C17H44O8Si8.C13H28O4Si4/c1-26-18-28(3)22-32(7,23-29(4)19-26)10-9-14-11-16-12-15(14)13-17(16)33(8)24-30(5)20-27(2)21-31(6)25-33;1-18-14-19(2)16-21(4,17-20(3)15-18)8-7-13-10-11-5-6-12(13)9-11/h14-17,26-31H,9-13H2,1-8H3;5-6,11-13,18-20H,7-10H2,1-4H3. The monoisotopic (exact) mass is 960 g/mol. The Kier molecular flexibility index (Phi) is 16.2. The van der Waals surface area contributed by atoms with Gasteiger partial charge in [-0.3, -0.25) is 0 Å². The maximum Gasteiger partial charge on any atom is 0.320 e. The smallest absolute Gasteiger partial charge is 0.320 e. The molecule has 13 unspecified atom stereocenters. The number of hydrogen-bond donors (Lipinski definition) is 0. The van der Waals surface area contributed by atoms with Crippen molar-refractivity contribution in [1.29, 1.82) is 0 Å². The molecule has 3 heterocycles. The fourth-order valence-electron chi connectivity index (χ4n) is 11.0. The van der Waals surface area contributed by atoms with Crippen LogP contribution in [-0.4, -0.2) is 109 Å². The van der Waals surface area contributed by atoms with Gasteiger partial charge in [0.25, 0.3) is 83.6 Å². The van der Waals surface area contributed by atoms with Crippen LogP contribution in [0.1, 0.15) is 44.9 Å². The molecule has 13 atom stereocenters. The highest BCUT2D eigenvalue weighted by Crippen LogP contribution is 2.60. The molecule has 12 nitrogen and oxygen atoms in total. The average molecular weight is 962 g/mol. The van der Waals surface area contributed by atoms with Crippen LogP contribution in [0.5, 0.6) is 0 Å². The highest BCUT2D eigenvalue weighted by molar-refractivity contribution is 6.83. The molecule has 4 aliphatic carbocycles. The molecule has 3 saturated heterocycles. The first-order valence-electron chi connectivity index (χ1n) is 21.1. The molecule has 0 amide bonds. The van der Waals surface area contributed by atoms with Crippen LogP contribution in [0, 0.1) is 35.5 Å². The SMILES string of the molecule is C[SiH]1O[SiH](C)O[Si](C)(CCC2CC3C=CC2C3)O[SiH](C)O1.C[SiH]1O[SiH](C)O[Si](C)(CCC2CC3CC2CC3[Si]2(C)O[SiH](C)O[SiH](C)O[SiH](C)O2)O[SiH](C)O1. The van der Waals surface area contributed by atoms with Gasteiger partial charge in [-0.2, -0.15) is 0 Å². The van der Waals surface area contributed by atoms with E-state index >= 15 is 0 Å². The Bertz CT molecular complexity index is 1230. The first-order chi connectivity index (χ1) is 25.4. The van der Waals surface area contributed by atoms with Gasteiger partial charge < -0.3 is 49.4 Å². The molecule has 7 rings (SSSR count). The molecule has 7 aliphatic rings. The second kappa shape index (κ2) is 19.3. The Labute approximate surface area is 345 Å². The molecule has 3 aliphatic heterocycles. The van der Waals surface area contributed by atoms with Gasteiger partial charge in [-0.15, -0.1) is 0 Å². The highest BCUT2D eigenvalue weighted by atomic mass is 28.5. The molecule has 24 heteroatoms. The van der Waals surface area contributed by atoms with Crippen LogP contribution in [-0.2, 0) is 49.4 Å². The zero-order valence-corrected chi connectivity index (χ0v) is 48.5. The van der Waals surface area contributed by atoms with Crippen LogP contribution in [0.4, 0.5) is 0 Å². The highest BCUT2D eigenvalue weighted by Gasteiger charge is 2.57. The summed E-state index contributed by atoms with van der Waals surface area (Å²) >= 11 is 0. The van der Waals surface area contributed by atoms with Crippen molar-refractivity contribution < 1.29 is 49.4 Å². The van der Waals surface area contributed by atoms with Crippen molar-refractivity contribution in [2.45, 2.75) is 141 Å². The lowest BCUT2D eigenvalue weighted by molar-refractivity contribution is 0.234. The van der Waals surface area contributed by atoms with Crippen LogP contribution in [0.15, 0.2) is 12.2 Å². The van der Waals surface area contributed by atoms with Crippen LogP contribution in [0.25, 0.3) is 0 Å². The van der Waals surface area contributed by atoms with E-state index in [-0.39, 0.29) is 0 Å². The Morgan fingerprint density at radius 1 is 0.444 bits per heavy atom. The lowest BCUT2D eigenvalue weighted by Crippen LogP contribution is -2.56. The zero-order valence-electron chi connectivity index (χ0n) is 35.2. The summed E-state index contributed by atoms with van der Waals surface area (Å²) in [7, 11) is -21.2. The summed E-state index contributed by atoms with van der Waals surface area (Å²) in [6.45, 7) is 25.9. The van der Waals surface area contributed by atoms with E-state index in [0.717, 1.165) is 47.6 Å². The average Bonchev–Trinajstić information content (AvgIpc) is 3.83. The van der Waals surface area contributed by atoms with E-state index in [4.69, 9.17) is 49.4 Å². The molecule has 4 bridgehead atoms. The van der Waals surface area contributed by atoms with Crippen molar-refractivity contribution >= 4 is 109 Å². The Balaban J connectivity index is 0.000000203. The van der Waals surface area contributed by atoms with Gasteiger partial charge in [0, 0.05) is 5.54 Å². The number of hydrogen-bond acceptors (Lipinski definition) is 12. The third-order valence-corrected chi connectivity index (χ3v) is 55.3. The summed E-state index contributed by atoms with van der Waals surface area (Å²) in [4.78, 5) is 0. The van der Waals surface area contributed by atoms with Gasteiger partial charge in [0.2, 0.25) is 0 Å². The van der Waals surface area contributed by atoms with Gasteiger partial charge in [-0.1, -0.05) is 12.2 Å². The molecule has 312 valence electrons. The molecule has 0 N–H and O–H groups in total. The van der Waals surface area contributed by atoms with Crippen LogP contribution in [0.2, 0.25) is 96.2 Å². The van der Waals surface area contributed by atoms with Crippen molar-refractivity contribution in [2.75, 3.05) is 0 Å². The minimum Gasteiger partial charge on any atom is -0.420 e. The zero-order chi connectivity index (χ0) is 39.0. The summed E-state index contributed by atoms with van der Waals surface area (Å²) in [5, 5.41) is 0. The minimum absolute atomic E-state index is 0.584. The van der Waals surface area contributed by atoms with Crippen molar-refractivity contribution in [3.63, 3.8) is 0 Å². The van der Waals surface area contributed by atoms with Gasteiger partial charge in [-0.25, -0.2) is 0 Å². The van der Waals surface area contributed by atoms with E-state index in [9.17, 15) is 0 Å². The molecule has 0 aromatic rings. The Morgan fingerprint density at radius 3 is 1.24 bits per heavy atom. The fraction of sp³-hybridized carbons (Fsp3) is 0.933. The molecule has 0 radical (unpaired) electrons. The maximum atomic E-state index is 6.69. The first-order valence-corrected chi connectivity index (χ1v) is 47.4. The van der Waals surface area contributed by atoms with Gasteiger partial charge >= 0.3 is 25.7 Å². The van der Waals surface area contributed by atoms with E-state index in [0.29, 0.717) is 5.54 Å². The second-order valence-electron chi connectivity index (χ2n) is 17.6. The van der Waals surface area contributed by atoms with E-state index < -0.39 is 109 Å². The third kappa shape index (κ3) is 12.2. The normalized spacial score (nSPS) is 52.4. The largest absolute Gasteiger partial charge is 0.420 e. The minimum atomic E-state index is -2.30. The number of fused-ring (bicyclic) bond motifs is 4. The quantitative estimate of drug-likeness (QED) is 0.265. The topological polar surface area (TPSA) is 111 Å². The fourth-order valence-corrected chi connectivity index (χ4v) is 56.3. The third-order valence-electron chi connectivity index (χ3n) is 12.8. The number of rotatable bonds is 7. The van der Waals surface area contributed by atoms with Crippen molar-refractivity contribution in [1.82, 2.24) is 0 Å². The van der Waals surface area contributed by atoms with E-state index in [1.165, 1.54) is 44.9 Å². The van der Waals surface area contributed by atoms with Crippen molar-refractivity contribution in [3.8, 4) is 0 Å². The maximum absolute atomic E-state index is 6.69. The Hall–Kier alpha value is 1.86. The lowest BCUT2D eigenvalue weighted by atomic mass is 9.86.